The number of aliphatic hydroxyl groups is 1. The number of aromatic nitrogens is 3. The van der Waals surface area contributed by atoms with E-state index in [1.54, 1.807) is 60.7 Å². The van der Waals surface area contributed by atoms with Gasteiger partial charge in [0.25, 0.3) is 0 Å². The van der Waals surface area contributed by atoms with Crippen LogP contribution in [-0.2, 0) is 47.1 Å². The Morgan fingerprint density at radius 1 is 0.426 bits per heavy atom. The van der Waals surface area contributed by atoms with Crippen LogP contribution in [0.2, 0.25) is 0 Å². The molecule has 6 aromatic carbocycles. The third-order valence-corrected chi connectivity index (χ3v) is 11.9. The molecule has 0 aliphatic rings. The van der Waals surface area contributed by atoms with Crippen LogP contribution in [0.1, 0.15) is 45.3 Å². The van der Waals surface area contributed by atoms with Crippen LogP contribution in [0.5, 0.6) is 0 Å². The molecule has 9 rings (SSSR count). The number of hydrogen-bond acceptors (Lipinski definition) is 7. The molecule has 9 heteroatoms. The summed E-state index contributed by atoms with van der Waals surface area (Å²) in [5.74, 6) is -1.53. The smallest absolute Gasteiger partial charge is 0.546 e. The third-order valence-electron chi connectivity index (χ3n) is 11.9. The van der Waals surface area contributed by atoms with Gasteiger partial charge in [0, 0.05) is 36.7 Å². The van der Waals surface area contributed by atoms with Crippen molar-refractivity contribution in [2.45, 2.75) is 46.0 Å². The van der Waals surface area contributed by atoms with Crippen molar-refractivity contribution in [2.24, 2.45) is 0 Å². The summed E-state index contributed by atoms with van der Waals surface area (Å²) in [6.45, 7) is 8.39. The molecule has 0 unspecified atom stereocenters. The van der Waals surface area contributed by atoms with Gasteiger partial charge in [0.05, 0.1) is 23.1 Å². The van der Waals surface area contributed by atoms with Crippen molar-refractivity contribution >= 4 is 34.0 Å². The second kappa shape index (κ2) is 24.5. The third kappa shape index (κ3) is 12.6. The minimum atomic E-state index is -2.11. The fourth-order valence-electron chi connectivity index (χ4n) is 8.80. The molecule has 0 saturated carbocycles. The summed E-state index contributed by atoms with van der Waals surface area (Å²) >= 11 is 0. The Balaban J connectivity index is 0.000000170. The van der Waals surface area contributed by atoms with Crippen molar-refractivity contribution in [3.8, 4) is 0 Å². The molecule has 0 bridgehead atoms. The monoisotopic (exact) mass is 934 g/mol. The molecule has 3 heterocycles. The second-order valence-electron chi connectivity index (χ2n) is 16.7. The van der Waals surface area contributed by atoms with Crippen LogP contribution in [0.25, 0.3) is 0 Å². The molecular formula is C59H55BFeN4O3+. The van der Waals surface area contributed by atoms with Crippen molar-refractivity contribution in [2.75, 3.05) is 0 Å². The fourth-order valence-corrected chi connectivity index (χ4v) is 8.80. The van der Waals surface area contributed by atoms with Crippen molar-refractivity contribution in [3.63, 3.8) is 0 Å². The number of hydrogen-bond donors (Lipinski definition) is 1. The Morgan fingerprint density at radius 2 is 0.676 bits per heavy atom. The molecule has 1 N–H and O–H groups in total. The first-order chi connectivity index (χ1) is 32.7. The molecule has 0 aliphatic carbocycles. The molecule has 3 aromatic heterocycles. The van der Waals surface area contributed by atoms with Gasteiger partial charge in [-0.25, -0.2) is 0 Å². The van der Waals surface area contributed by atoms with Crippen molar-refractivity contribution in [3.05, 3.63) is 282 Å². The van der Waals surface area contributed by atoms with Crippen molar-refractivity contribution in [1.82, 2.24) is 19.9 Å². The number of benzene rings is 6. The van der Waals surface area contributed by atoms with E-state index in [1.165, 1.54) is 21.9 Å². The summed E-state index contributed by atoms with van der Waals surface area (Å²) in [4.78, 5) is 27.5. The summed E-state index contributed by atoms with van der Waals surface area (Å²) in [7, 11) is 0. The quantitative estimate of drug-likeness (QED) is 0.118. The molecule has 0 saturated heterocycles. The number of aliphatic carboxylic acids is 1. The van der Waals surface area contributed by atoms with Gasteiger partial charge >= 0.3 is 17.1 Å². The van der Waals surface area contributed by atoms with Gasteiger partial charge in [-0.2, -0.15) is 21.9 Å². The molecule has 0 aliphatic heterocycles. The van der Waals surface area contributed by atoms with Crippen LogP contribution in [0.3, 0.4) is 0 Å². The van der Waals surface area contributed by atoms with Crippen molar-refractivity contribution < 1.29 is 32.1 Å². The van der Waals surface area contributed by atoms with E-state index >= 15 is 0 Å². The number of rotatable bonds is 13. The van der Waals surface area contributed by atoms with Crippen LogP contribution in [0.4, 0.5) is 0 Å². The molecular weight excluding hydrogens is 879 g/mol. The molecule has 339 valence electrons. The predicted molar refractivity (Wildman–Crippen MR) is 271 cm³/mol. The van der Waals surface area contributed by atoms with Gasteiger partial charge in [0.1, 0.15) is 6.15 Å². The van der Waals surface area contributed by atoms with Crippen molar-refractivity contribution in [1.29, 1.82) is 0 Å². The molecule has 1 radical (unpaired) electrons. The summed E-state index contributed by atoms with van der Waals surface area (Å²) < 4.78 is 0. The van der Waals surface area contributed by atoms with E-state index in [1.807, 2.05) is 39.0 Å². The number of carbonyl (C=O) groups excluding carboxylic acids is 1. The Morgan fingerprint density at radius 3 is 0.912 bits per heavy atom. The number of carboxylic acids is 1. The van der Waals surface area contributed by atoms with E-state index in [0.29, 0.717) is 0 Å². The summed E-state index contributed by atoms with van der Waals surface area (Å²) in [5.41, 5.74) is 10.1. The zero-order valence-electron chi connectivity index (χ0n) is 38.6. The van der Waals surface area contributed by atoms with Gasteiger partial charge in [-0.3, -0.25) is 19.9 Å². The maximum Gasteiger partial charge on any atom is 3.00 e. The topological polar surface area (TPSA) is 102 Å². The van der Waals surface area contributed by atoms with Gasteiger partial charge in [-0.05, 0) is 68.3 Å². The van der Waals surface area contributed by atoms with E-state index in [4.69, 9.17) is 0 Å². The van der Waals surface area contributed by atoms with Crippen LogP contribution in [0.15, 0.2) is 237 Å². The molecule has 68 heavy (non-hydrogen) atoms. The van der Waals surface area contributed by atoms with Gasteiger partial charge in [0.15, 0.2) is 5.60 Å². The second-order valence-corrected chi connectivity index (χ2v) is 16.7. The van der Waals surface area contributed by atoms with Gasteiger partial charge in [-0.1, -0.05) is 200 Å². The summed E-state index contributed by atoms with van der Waals surface area (Å²) in [6.07, 6.45) is -1.22. The Hall–Kier alpha value is -7.26. The van der Waals surface area contributed by atoms with Gasteiger partial charge < -0.3 is 15.0 Å². The van der Waals surface area contributed by atoms with E-state index < -0.39 is 17.7 Å². The average molecular weight is 935 g/mol. The number of carbonyl (C=O) groups is 1. The standard InChI is InChI=1S/C24H20B.C21H24N4.C14H12O3.Fe/c1-5-13-21(14-6-1)25(22-15-7-2-8-16-22,23-17-9-3-10-18-23)24-19-11-4-12-20-24;1-16-7-4-10-19(22-16)13-25(14-20-11-5-8-17(2)23-20)15-21-12-6-9-18(3)24-21;15-13(16)14(17,11-7-3-1-4-8-11)12-9-5-2-6-10-12;/h1-20H;4-12H,13-15H2,1-3H3;1-10,17H,(H,15,16);/q-1;;;+3/p-1. The average Bonchev–Trinajstić information content (AvgIpc) is 3.36. The number of aryl methyl sites for hydroxylation is 3. The van der Waals surface area contributed by atoms with Crippen LogP contribution in [0, 0.1) is 20.8 Å². The number of pyridine rings is 3. The Labute approximate surface area is 411 Å². The molecule has 7 nitrogen and oxygen atoms in total. The molecule has 0 amide bonds. The number of carboxylic acid groups (broad SMARTS) is 1. The van der Waals surface area contributed by atoms with E-state index in [9.17, 15) is 15.0 Å². The summed E-state index contributed by atoms with van der Waals surface area (Å²) in [5, 5.41) is 21.6. The SMILES string of the molecule is Cc1cccc(CN(Cc2cccc(C)n2)Cc2cccc(C)n2)n1.O=C([O-])C(O)(c1ccccc1)c1ccccc1.[Fe+3].c1ccc([B-](c2ccccc2)(c2ccccc2)c2ccccc2)cc1. The van der Waals surface area contributed by atoms with E-state index in [2.05, 4.69) is 178 Å². The van der Waals surface area contributed by atoms with Gasteiger partial charge in [0.2, 0.25) is 0 Å². The summed E-state index contributed by atoms with van der Waals surface area (Å²) in [6, 6.07) is 78.5. The minimum Gasteiger partial charge on any atom is -0.546 e. The zero-order valence-corrected chi connectivity index (χ0v) is 39.7. The Bertz CT molecular complexity index is 2600. The molecule has 9 aromatic rings. The van der Waals surface area contributed by atoms with E-state index in [0.717, 1.165) is 53.8 Å². The molecule has 0 fully saturated rings. The Kier molecular flexibility index (Phi) is 18.1. The zero-order chi connectivity index (χ0) is 46.9. The minimum absolute atomic E-state index is 0. The molecule has 0 atom stereocenters. The molecule has 0 spiro atoms. The van der Waals surface area contributed by atoms with Gasteiger partial charge in [-0.15, -0.1) is 0 Å². The normalized spacial score (nSPS) is 11.0. The number of nitrogens with zero attached hydrogens (tertiary/aromatic N) is 4. The maximum absolute atomic E-state index is 11.3. The van der Waals surface area contributed by atoms with Crippen LogP contribution < -0.4 is 27.0 Å². The van der Waals surface area contributed by atoms with Crippen LogP contribution in [-0.4, -0.2) is 37.1 Å². The fraction of sp³-hybridized carbons (Fsp3) is 0.119. The largest absolute Gasteiger partial charge is 3.00 e. The van der Waals surface area contributed by atoms with E-state index in [-0.39, 0.29) is 28.2 Å². The predicted octanol–water partition coefficient (Wildman–Crippen LogP) is 7.73. The van der Waals surface area contributed by atoms with Crippen LogP contribution >= 0.6 is 0 Å². The first kappa shape index (κ1) is 50.2. The first-order valence-electron chi connectivity index (χ1n) is 22.6. The maximum atomic E-state index is 11.3. The first-order valence-corrected chi connectivity index (χ1v) is 22.6.